The Morgan fingerprint density at radius 3 is 2.81 bits per heavy atom. The molecule has 2 rings (SSSR count). The number of carbonyl (C=O) groups excluding carboxylic acids is 2. The molecule has 0 bridgehead atoms. The Morgan fingerprint density at radius 2 is 2.10 bits per heavy atom. The molecule has 0 aromatic heterocycles. The fourth-order valence-corrected chi connectivity index (χ4v) is 2.23. The van der Waals surface area contributed by atoms with Crippen molar-refractivity contribution in [2.45, 2.75) is 39.2 Å². The van der Waals surface area contributed by atoms with Crippen LogP contribution in [0.4, 0.5) is 4.79 Å². The number of alkyl carbamates (subject to hydrolysis) is 1. The predicted molar refractivity (Wildman–Crippen MR) is 82.4 cm³/mol. The van der Waals surface area contributed by atoms with Crippen LogP contribution in [0.5, 0.6) is 0 Å². The van der Waals surface area contributed by atoms with E-state index >= 15 is 0 Å². The van der Waals surface area contributed by atoms with Crippen molar-refractivity contribution in [1.82, 2.24) is 5.32 Å². The van der Waals surface area contributed by atoms with Crippen molar-refractivity contribution in [3.05, 3.63) is 41.0 Å². The summed E-state index contributed by atoms with van der Waals surface area (Å²) in [4.78, 5) is 23.0. The number of ketones is 1. The molecule has 0 saturated carbocycles. The summed E-state index contributed by atoms with van der Waals surface area (Å²) in [5, 5.41) is 2.67. The highest BCUT2D eigenvalue weighted by Crippen LogP contribution is 2.23. The van der Waals surface area contributed by atoms with Crippen LogP contribution < -0.4 is 5.32 Å². The summed E-state index contributed by atoms with van der Waals surface area (Å²) in [6.07, 6.45) is 4.81. The molecule has 0 spiro atoms. The van der Waals surface area contributed by atoms with Crippen LogP contribution in [0.3, 0.4) is 0 Å². The van der Waals surface area contributed by atoms with Crippen molar-refractivity contribution < 1.29 is 14.3 Å². The first-order valence-corrected chi connectivity index (χ1v) is 7.15. The van der Waals surface area contributed by atoms with Gasteiger partial charge in [0.15, 0.2) is 5.78 Å². The summed E-state index contributed by atoms with van der Waals surface area (Å²) in [6, 6.07) is 5.84. The number of rotatable bonds is 3. The summed E-state index contributed by atoms with van der Waals surface area (Å²) in [7, 11) is 0. The van der Waals surface area contributed by atoms with Gasteiger partial charge in [0.25, 0.3) is 0 Å². The van der Waals surface area contributed by atoms with Crippen molar-refractivity contribution in [1.29, 1.82) is 0 Å². The number of benzene rings is 1. The molecular weight excluding hydrogens is 266 g/mol. The lowest BCUT2D eigenvalue weighted by Crippen LogP contribution is -2.32. The molecule has 0 radical (unpaired) electrons. The second-order valence-corrected chi connectivity index (χ2v) is 6.12. The molecular formula is C17H21NO3. The highest BCUT2D eigenvalue weighted by molar-refractivity contribution is 6.00. The summed E-state index contributed by atoms with van der Waals surface area (Å²) in [5.74, 6) is 0.229. The van der Waals surface area contributed by atoms with E-state index in [1.165, 1.54) is 0 Å². The van der Waals surface area contributed by atoms with E-state index in [1.807, 2.05) is 51.1 Å². The quantitative estimate of drug-likeness (QED) is 0.927. The highest BCUT2D eigenvalue weighted by Gasteiger charge is 2.18. The number of carbonyl (C=O) groups is 2. The molecule has 4 heteroatoms. The molecule has 1 N–H and O–H groups in total. The maximum Gasteiger partial charge on any atom is 0.407 e. The van der Waals surface area contributed by atoms with E-state index in [9.17, 15) is 9.59 Å². The summed E-state index contributed by atoms with van der Waals surface area (Å²) in [6.45, 7) is 5.89. The normalized spacial score (nSPS) is 14.3. The smallest absolute Gasteiger partial charge is 0.407 e. The lowest BCUT2D eigenvalue weighted by molar-refractivity contribution is 0.0534. The van der Waals surface area contributed by atoms with Crippen molar-refractivity contribution >= 4 is 18.0 Å². The molecule has 0 aliphatic heterocycles. The highest BCUT2D eigenvalue weighted by atomic mass is 16.6. The van der Waals surface area contributed by atoms with Gasteiger partial charge in [0, 0.05) is 18.5 Å². The zero-order chi connectivity index (χ0) is 15.5. The van der Waals surface area contributed by atoms with Gasteiger partial charge >= 0.3 is 6.09 Å². The number of aryl methyl sites for hydroxylation is 1. The van der Waals surface area contributed by atoms with E-state index in [0.29, 0.717) is 13.0 Å². The van der Waals surface area contributed by atoms with E-state index < -0.39 is 11.7 Å². The summed E-state index contributed by atoms with van der Waals surface area (Å²) in [5.41, 5.74) is 2.51. The Bertz CT molecular complexity index is 582. The average Bonchev–Trinajstić information content (AvgIpc) is 2.74. The van der Waals surface area contributed by atoms with E-state index in [-0.39, 0.29) is 5.78 Å². The monoisotopic (exact) mass is 287 g/mol. The molecule has 0 heterocycles. The number of Topliss-reactive ketones (excluding diaryl/α,β-unsaturated/α-hetero) is 1. The van der Waals surface area contributed by atoms with Crippen molar-refractivity contribution in [2.75, 3.05) is 6.54 Å². The molecule has 21 heavy (non-hydrogen) atoms. The zero-order valence-corrected chi connectivity index (χ0v) is 12.7. The minimum absolute atomic E-state index is 0.229. The topological polar surface area (TPSA) is 55.4 Å². The Kier molecular flexibility index (Phi) is 4.46. The van der Waals surface area contributed by atoms with Crippen LogP contribution in [0.2, 0.25) is 0 Å². The molecule has 0 atom stereocenters. The summed E-state index contributed by atoms with van der Waals surface area (Å²) >= 11 is 0. The van der Waals surface area contributed by atoms with Gasteiger partial charge in [0.2, 0.25) is 0 Å². The van der Waals surface area contributed by atoms with Crippen molar-refractivity contribution in [2.24, 2.45) is 0 Å². The van der Waals surface area contributed by atoms with Gasteiger partial charge in [-0.15, -0.1) is 0 Å². The number of hydrogen-bond acceptors (Lipinski definition) is 3. The van der Waals surface area contributed by atoms with Crippen LogP contribution >= 0.6 is 0 Å². The van der Waals surface area contributed by atoms with E-state index in [4.69, 9.17) is 4.74 Å². The molecule has 0 fully saturated rings. The van der Waals surface area contributed by atoms with Crippen LogP contribution in [0.25, 0.3) is 6.08 Å². The van der Waals surface area contributed by atoms with Crippen LogP contribution in [0, 0.1) is 0 Å². The molecule has 1 aliphatic rings. The SMILES string of the molecule is CC(C)(C)OC(=O)NCC=Cc1ccc2c(c1)CCC2=O. The van der Waals surface area contributed by atoms with Crippen LogP contribution in [0.1, 0.15) is 48.7 Å². The van der Waals surface area contributed by atoms with E-state index in [1.54, 1.807) is 0 Å². The van der Waals surface area contributed by atoms with Gasteiger partial charge in [-0.25, -0.2) is 4.79 Å². The van der Waals surface area contributed by atoms with Gasteiger partial charge in [-0.1, -0.05) is 30.4 Å². The standard InChI is InChI=1S/C17H21NO3/c1-17(2,3)21-16(20)18-10-4-5-12-6-8-14-13(11-12)7-9-15(14)19/h4-6,8,11H,7,9-10H2,1-3H3,(H,18,20). The second kappa shape index (κ2) is 6.12. The van der Waals surface area contributed by atoms with Crippen LogP contribution in [0.15, 0.2) is 24.3 Å². The molecule has 1 aromatic carbocycles. The Balaban J connectivity index is 1.85. The first-order valence-electron chi connectivity index (χ1n) is 7.15. The third-order valence-electron chi connectivity index (χ3n) is 3.12. The minimum atomic E-state index is -0.486. The second-order valence-electron chi connectivity index (χ2n) is 6.12. The number of nitrogens with one attached hydrogen (secondary N) is 1. The van der Waals surface area contributed by atoms with Crippen molar-refractivity contribution in [3.8, 4) is 0 Å². The summed E-state index contributed by atoms with van der Waals surface area (Å²) < 4.78 is 5.14. The van der Waals surface area contributed by atoms with Gasteiger partial charge in [-0.05, 0) is 38.3 Å². The van der Waals surface area contributed by atoms with Gasteiger partial charge in [0.05, 0.1) is 0 Å². The van der Waals surface area contributed by atoms with Gasteiger partial charge in [0.1, 0.15) is 5.60 Å². The third-order valence-corrected chi connectivity index (χ3v) is 3.12. The number of hydrogen-bond donors (Lipinski definition) is 1. The molecule has 4 nitrogen and oxygen atoms in total. The average molecular weight is 287 g/mol. The maximum absolute atomic E-state index is 11.5. The molecule has 0 saturated heterocycles. The molecule has 1 aromatic rings. The number of ether oxygens (including phenoxy) is 1. The number of amides is 1. The van der Waals surface area contributed by atoms with E-state index in [2.05, 4.69) is 5.32 Å². The Labute approximate surface area is 125 Å². The first-order chi connectivity index (χ1) is 9.85. The van der Waals surface area contributed by atoms with Crippen LogP contribution in [-0.4, -0.2) is 24.0 Å². The predicted octanol–water partition coefficient (Wildman–Crippen LogP) is 3.35. The van der Waals surface area contributed by atoms with Gasteiger partial charge in [-0.3, -0.25) is 4.79 Å². The molecule has 0 unspecified atom stereocenters. The third kappa shape index (κ3) is 4.45. The van der Waals surface area contributed by atoms with Gasteiger partial charge in [-0.2, -0.15) is 0 Å². The Hall–Kier alpha value is -2.10. The minimum Gasteiger partial charge on any atom is -0.444 e. The van der Waals surface area contributed by atoms with Crippen molar-refractivity contribution in [3.63, 3.8) is 0 Å². The van der Waals surface area contributed by atoms with Gasteiger partial charge < -0.3 is 10.1 Å². The number of fused-ring (bicyclic) bond motifs is 1. The maximum atomic E-state index is 11.5. The van der Waals surface area contributed by atoms with E-state index in [0.717, 1.165) is 23.1 Å². The first kappa shape index (κ1) is 15.3. The fraction of sp³-hybridized carbons (Fsp3) is 0.412. The van der Waals surface area contributed by atoms with Crippen LogP contribution in [-0.2, 0) is 11.2 Å². The lowest BCUT2D eigenvalue weighted by atomic mass is 10.1. The largest absolute Gasteiger partial charge is 0.444 e. The fourth-order valence-electron chi connectivity index (χ4n) is 2.23. The lowest BCUT2D eigenvalue weighted by Gasteiger charge is -2.19. The molecule has 1 aliphatic carbocycles. The molecule has 112 valence electrons. The zero-order valence-electron chi connectivity index (χ0n) is 12.7. The Morgan fingerprint density at radius 1 is 1.33 bits per heavy atom. The molecule has 1 amide bonds.